The minimum Gasteiger partial charge on any atom is -0.480 e. The van der Waals surface area contributed by atoms with Gasteiger partial charge in [-0.1, -0.05) is 11.6 Å². The molecule has 0 bridgehead atoms. The largest absolute Gasteiger partial charge is 0.480 e. The summed E-state index contributed by atoms with van der Waals surface area (Å²) in [5.74, 6) is -0.699. The van der Waals surface area contributed by atoms with Gasteiger partial charge in [0.15, 0.2) is 0 Å². The number of rotatable bonds is 5. The van der Waals surface area contributed by atoms with Crippen molar-refractivity contribution in [3.63, 3.8) is 0 Å². The van der Waals surface area contributed by atoms with E-state index in [-0.39, 0.29) is 18.4 Å². The van der Waals surface area contributed by atoms with E-state index in [1.807, 2.05) is 0 Å². The van der Waals surface area contributed by atoms with Gasteiger partial charge in [0, 0.05) is 32.0 Å². The number of amides is 1. The Labute approximate surface area is 128 Å². The van der Waals surface area contributed by atoms with Crippen LogP contribution >= 0.6 is 11.6 Å². The Kier molecular flexibility index (Phi) is 5.52. The van der Waals surface area contributed by atoms with Crippen LogP contribution in [-0.4, -0.2) is 53.0 Å². The quantitative estimate of drug-likeness (QED) is 0.855. The third kappa shape index (κ3) is 4.41. The van der Waals surface area contributed by atoms with Gasteiger partial charge >= 0.3 is 5.97 Å². The zero-order valence-electron chi connectivity index (χ0n) is 11.6. The summed E-state index contributed by atoms with van der Waals surface area (Å²) in [6, 6.07) is 1.62. The highest BCUT2D eigenvalue weighted by molar-refractivity contribution is 6.33. The van der Waals surface area contributed by atoms with E-state index in [2.05, 4.69) is 10.3 Å². The van der Waals surface area contributed by atoms with E-state index >= 15 is 0 Å². The molecule has 1 unspecified atom stereocenters. The molecule has 0 radical (unpaired) electrons. The van der Waals surface area contributed by atoms with Crippen LogP contribution in [0.4, 0.5) is 0 Å². The highest BCUT2D eigenvalue weighted by atomic mass is 35.5. The second-order valence-corrected chi connectivity index (χ2v) is 5.55. The molecule has 1 aromatic heterocycles. The molecule has 1 aliphatic rings. The Balaban J connectivity index is 1.93. The number of carbonyl (C=O) groups is 2. The molecule has 6 nitrogen and oxygen atoms in total. The van der Waals surface area contributed by atoms with E-state index in [0.717, 1.165) is 12.8 Å². The number of aliphatic carboxylic acids is 1. The number of carbonyl (C=O) groups excluding carboxylic acids is 1. The Morgan fingerprint density at radius 3 is 3.05 bits per heavy atom. The molecule has 1 fully saturated rings. The average Bonchev–Trinajstić information content (AvgIpc) is 2.47. The molecular weight excluding hydrogens is 294 g/mol. The first-order valence-electron chi connectivity index (χ1n) is 6.89. The van der Waals surface area contributed by atoms with Crippen LogP contribution in [0.3, 0.4) is 0 Å². The molecule has 2 rings (SSSR count). The maximum absolute atomic E-state index is 12.4. The molecule has 1 aliphatic heterocycles. The molecule has 1 atom stereocenters. The standard InChI is InChI=1S/C14H18ClN3O3/c15-12-7-16-4-3-11(12)14(21)18-5-1-2-10(9-18)6-17-8-13(19)20/h3-4,7,10,17H,1-2,5-6,8-9H2,(H,19,20). The Hall–Kier alpha value is -1.66. The van der Waals surface area contributed by atoms with Crippen molar-refractivity contribution in [1.29, 1.82) is 0 Å². The van der Waals surface area contributed by atoms with Crippen LogP contribution in [-0.2, 0) is 4.79 Å². The molecule has 1 saturated heterocycles. The first kappa shape index (κ1) is 15.7. The van der Waals surface area contributed by atoms with E-state index in [1.165, 1.54) is 6.20 Å². The fraction of sp³-hybridized carbons (Fsp3) is 0.500. The maximum atomic E-state index is 12.4. The van der Waals surface area contributed by atoms with Crippen LogP contribution in [0.15, 0.2) is 18.5 Å². The van der Waals surface area contributed by atoms with Crippen LogP contribution in [0.25, 0.3) is 0 Å². The third-order valence-electron chi connectivity index (χ3n) is 3.52. The lowest BCUT2D eigenvalue weighted by Crippen LogP contribution is -2.43. The van der Waals surface area contributed by atoms with Gasteiger partial charge in [0.25, 0.3) is 5.91 Å². The van der Waals surface area contributed by atoms with Crippen LogP contribution in [0, 0.1) is 5.92 Å². The van der Waals surface area contributed by atoms with Crippen molar-refractivity contribution < 1.29 is 14.7 Å². The highest BCUT2D eigenvalue weighted by Crippen LogP contribution is 2.21. The van der Waals surface area contributed by atoms with Crippen molar-refractivity contribution in [2.75, 3.05) is 26.2 Å². The summed E-state index contributed by atoms with van der Waals surface area (Å²) in [5.41, 5.74) is 0.464. The Morgan fingerprint density at radius 2 is 2.33 bits per heavy atom. The third-order valence-corrected chi connectivity index (χ3v) is 3.82. The second kappa shape index (κ2) is 7.38. The van der Waals surface area contributed by atoms with E-state index in [1.54, 1.807) is 17.2 Å². The normalized spacial score (nSPS) is 18.5. The molecule has 7 heteroatoms. The molecule has 1 amide bonds. The average molecular weight is 312 g/mol. The smallest absolute Gasteiger partial charge is 0.317 e. The number of nitrogens with one attached hydrogen (secondary N) is 1. The van der Waals surface area contributed by atoms with Crippen LogP contribution in [0.2, 0.25) is 5.02 Å². The lowest BCUT2D eigenvalue weighted by Gasteiger charge is -2.33. The molecule has 0 spiro atoms. The van der Waals surface area contributed by atoms with Crippen LogP contribution in [0.1, 0.15) is 23.2 Å². The fourth-order valence-electron chi connectivity index (χ4n) is 2.52. The maximum Gasteiger partial charge on any atom is 0.317 e. The monoisotopic (exact) mass is 311 g/mol. The van der Waals surface area contributed by atoms with E-state index in [0.29, 0.717) is 30.2 Å². The number of carboxylic acid groups (broad SMARTS) is 1. The summed E-state index contributed by atoms with van der Waals surface area (Å²) in [7, 11) is 0. The summed E-state index contributed by atoms with van der Waals surface area (Å²) < 4.78 is 0. The molecule has 2 heterocycles. The van der Waals surface area contributed by atoms with Gasteiger partial charge in [0.05, 0.1) is 17.1 Å². The molecule has 0 aliphatic carbocycles. The lowest BCUT2D eigenvalue weighted by atomic mass is 9.97. The molecule has 0 saturated carbocycles. The predicted molar refractivity (Wildman–Crippen MR) is 78.4 cm³/mol. The number of piperidine rings is 1. The fourth-order valence-corrected chi connectivity index (χ4v) is 2.72. The van der Waals surface area contributed by atoms with Gasteiger partial charge < -0.3 is 15.3 Å². The number of hydrogen-bond donors (Lipinski definition) is 2. The van der Waals surface area contributed by atoms with Gasteiger partial charge in [-0.15, -0.1) is 0 Å². The Bertz CT molecular complexity index is 524. The van der Waals surface area contributed by atoms with Crippen LogP contribution < -0.4 is 5.32 Å². The number of aromatic nitrogens is 1. The van der Waals surface area contributed by atoms with Gasteiger partial charge in [0.2, 0.25) is 0 Å². The van der Waals surface area contributed by atoms with Crippen molar-refractivity contribution in [1.82, 2.24) is 15.2 Å². The topological polar surface area (TPSA) is 82.5 Å². The van der Waals surface area contributed by atoms with Crippen molar-refractivity contribution in [2.24, 2.45) is 5.92 Å². The van der Waals surface area contributed by atoms with Gasteiger partial charge in [-0.25, -0.2) is 0 Å². The summed E-state index contributed by atoms with van der Waals surface area (Å²) in [4.78, 5) is 28.6. The van der Waals surface area contributed by atoms with Crippen molar-refractivity contribution in [2.45, 2.75) is 12.8 Å². The van der Waals surface area contributed by atoms with Gasteiger partial charge in [-0.3, -0.25) is 14.6 Å². The van der Waals surface area contributed by atoms with Gasteiger partial charge in [-0.05, 0) is 24.8 Å². The SMILES string of the molecule is O=C(O)CNCC1CCCN(C(=O)c2ccncc2Cl)C1. The Morgan fingerprint density at radius 1 is 1.52 bits per heavy atom. The number of likely N-dealkylation sites (tertiary alicyclic amines) is 1. The molecule has 114 valence electrons. The van der Waals surface area contributed by atoms with Crippen molar-refractivity contribution in [3.05, 3.63) is 29.0 Å². The number of hydrogen-bond acceptors (Lipinski definition) is 4. The first-order chi connectivity index (χ1) is 10.1. The van der Waals surface area contributed by atoms with Gasteiger partial charge in [-0.2, -0.15) is 0 Å². The summed E-state index contributed by atoms with van der Waals surface area (Å²) in [6.07, 6.45) is 4.91. The van der Waals surface area contributed by atoms with Crippen molar-refractivity contribution in [3.8, 4) is 0 Å². The molecule has 1 aromatic rings. The molecule has 21 heavy (non-hydrogen) atoms. The minimum absolute atomic E-state index is 0.0549. The highest BCUT2D eigenvalue weighted by Gasteiger charge is 2.25. The second-order valence-electron chi connectivity index (χ2n) is 5.14. The minimum atomic E-state index is -0.873. The molecule has 0 aromatic carbocycles. The van der Waals surface area contributed by atoms with Crippen LogP contribution in [0.5, 0.6) is 0 Å². The van der Waals surface area contributed by atoms with Crippen molar-refractivity contribution >= 4 is 23.5 Å². The lowest BCUT2D eigenvalue weighted by molar-refractivity contribution is -0.136. The summed E-state index contributed by atoms with van der Waals surface area (Å²) >= 11 is 6.01. The van der Waals surface area contributed by atoms with Gasteiger partial charge in [0.1, 0.15) is 0 Å². The zero-order valence-corrected chi connectivity index (χ0v) is 12.3. The zero-order chi connectivity index (χ0) is 15.2. The predicted octanol–water partition coefficient (Wildman–Crippen LogP) is 1.26. The first-order valence-corrected chi connectivity index (χ1v) is 7.27. The number of nitrogens with zero attached hydrogens (tertiary/aromatic N) is 2. The summed E-state index contributed by atoms with van der Waals surface area (Å²) in [6.45, 7) is 1.86. The molecule has 2 N–H and O–H groups in total. The number of pyridine rings is 1. The van der Waals surface area contributed by atoms with E-state index in [4.69, 9.17) is 16.7 Å². The number of carboxylic acids is 1. The summed E-state index contributed by atoms with van der Waals surface area (Å²) in [5, 5.41) is 11.9. The molecular formula is C14H18ClN3O3. The van der Waals surface area contributed by atoms with E-state index in [9.17, 15) is 9.59 Å². The number of halogens is 1. The van der Waals surface area contributed by atoms with E-state index < -0.39 is 5.97 Å².